The van der Waals surface area contributed by atoms with Gasteiger partial charge in [0.2, 0.25) is 11.6 Å². The van der Waals surface area contributed by atoms with Gasteiger partial charge in [-0.1, -0.05) is 12.1 Å². The Morgan fingerprint density at radius 2 is 1.82 bits per heavy atom. The van der Waals surface area contributed by atoms with Gasteiger partial charge in [0, 0.05) is 0 Å². The first-order valence-corrected chi connectivity index (χ1v) is 5.74. The van der Waals surface area contributed by atoms with Crippen molar-refractivity contribution in [1.29, 1.82) is 0 Å². The summed E-state index contributed by atoms with van der Waals surface area (Å²) in [6, 6.07) is 4.53. The summed E-state index contributed by atoms with van der Waals surface area (Å²) in [5.41, 5.74) is -0.0284. The van der Waals surface area contributed by atoms with E-state index in [1.165, 1.54) is 12.1 Å². The number of halogens is 3. The van der Waals surface area contributed by atoms with E-state index in [2.05, 4.69) is 15.3 Å². The maximum absolute atomic E-state index is 12.9. The molecule has 2 rings (SSSR count). The molecule has 0 saturated heterocycles. The smallest absolute Gasteiger partial charge is 0.334 e. The van der Waals surface area contributed by atoms with Crippen molar-refractivity contribution in [3.8, 4) is 0 Å². The van der Waals surface area contributed by atoms with Gasteiger partial charge >= 0.3 is 11.9 Å². The molecule has 0 amide bonds. The zero-order valence-corrected chi connectivity index (χ0v) is 10.8. The molecule has 116 valence electrons. The zero-order chi connectivity index (χ0) is 16.3. The SMILES string of the molecule is NNc1ncnc(Nc2ccccc2C(F)(F)F)c1[N+](=O)[O-]. The lowest BCUT2D eigenvalue weighted by atomic mass is 10.1. The average Bonchev–Trinajstić information content (AvgIpc) is 2.46. The largest absolute Gasteiger partial charge is 0.418 e. The van der Waals surface area contributed by atoms with Gasteiger partial charge in [0.1, 0.15) is 6.33 Å². The van der Waals surface area contributed by atoms with E-state index in [0.29, 0.717) is 0 Å². The number of nitrogens with two attached hydrogens (primary N) is 1. The summed E-state index contributed by atoms with van der Waals surface area (Å²) in [4.78, 5) is 17.3. The number of aromatic nitrogens is 2. The highest BCUT2D eigenvalue weighted by Crippen LogP contribution is 2.37. The Bertz CT molecular complexity index is 706. The number of nitrogens with one attached hydrogen (secondary N) is 2. The van der Waals surface area contributed by atoms with Gasteiger partial charge in [0.05, 0.1) is 16.2 Å². The molecule has 4 N–H and O–H groups in total. The van der Waals surface area contributed by atoms with Crippen LogP contribution in [0.1, 0.15) is 5.56 Å². The van der Waals surface area contributed by atoms with Crippen molar-refractivity contribution in [3.05, 3.63) is 46.3 Å². The molecule has 0 radical (unpaired) electrons. The Morgan fingerprint density at radius 1 is 1.18 bits per heavy atom. The van der Waals surface area contributed by atoms with Crippen LogP contribution in [0.3, 0.4) is 0 Å². The van der Waals surface area contributed by atoms with E-state index in [4.69, 9.17) is 5.84 Å². The second-order valence-corrected chi connectivity index (χ2v) is 3.99. The molecule has 0 aliphatic heterocycles. The molecule has 8 nitrogen and oxygen atoms in total. The number of anilines is 3. The van der Waals surface area contributed by atoms with Crippen molar-refractivity contribution in [2.45, 2.75) is 6.18 Å². The highest BCUT2D eigenvalue weighted by atomic mass is 19.4. The minimum absolute atomic E-state index is 0.327. The maximum Gasteiger partial charge on any atom is 0.418 e. The molecule has 0 unspecified atom stereocenters. The average molecular weight is 314 g/mol. The van der Waals surface area contributed by atoms with Crippen LogP contribution in [0.4, 0.5) is 36.2 Å². The number of alkyl halides is 3. The van der Waals surface area contributed by atoms with Crippen molar-refractivity contribution in [3.63, 3.8) is 0 Å². The van der Waals surface area contributed by atoms with Crippen LogP contribution in [0.2, 0.25) is 0 Å². The van der Waals surface area contributed by atoms with Gasteiger partial charge in [0.25, 0.3) is 0 Å². The highest BCUT2D eigenvalue weighted by molar-refractivity contribution is 5.74. The molecular weight excluding hydrogens is 305 g/mol. The van der Waals surface area contributed by atoms with Crippen LogP contribution in [0.15, 0.2) is 30.6 Å². The molecule has 1 heterocycles. The first kappa shape index (κ1) is 15.4. The molecule has 11 heteroatoms. The number of para-hydroxylation sites is 1. The van der Waals surface area contributed by atoms with Crippen molar-refractivity contribution in [2.75, 3.05) is 10.7 Å². The fourth-order valence-electron chi connectivity index (χ4n) is 1.72. The van der Waals surface area contributed by atoms with Crippen LogP contribution < -0.4 is 16.6 Å². The van der Waals surface area contributed by atoms with Gasteiger partial charge in [-0.25, -0.2) is 15.8 Å². The van der Waals surface area contributed by atoms with Crippen molar-refractivity contribution in [1.82, 2.24) is 9.97 Å². The van der Waals surface area contributed by atoms with Crippen LogP contribution in [0.25, 0.3) is 0 Å². The number of nitro groups is 1. The van der Waals surface area contributed by atoms with Crippen molar-refractivity contribution in [2.24, 2.45) is 5.84 Å². The van der Waals surface area contributed by atoms with Crippen LogP contribution in [-0.4, -0.2) is 14.9 Å². The summed E-state index contributed by atoms with van der Waals surface area (Å²) < 4.78 is 38.8. The molecule has 0 saturated carbocycles. The van der Waals surface area contributed by atoms with E-state index in [0.717, 1.165) is 18.5 Å². The predicted octanol–water partition coefficient (Wildman–Crippen LogP) is 2.43. The first-order valence-electron chi connectivity index (χ1n) is 5.74. The Morgan fingerprint density at radius 3 is 2.41 bits per heavy atom. The lowest BCUT2D eigenvalue weighted by Gasteiger charge is -2.14. The number of rotatable bonds is 4. The molecule has 0 fully saturated rings. The standard InChI is InChI=1S/C11H9F3N6O2/c12-11(13,14)6-3-1-2-4-7(6)18-9-8(20(21)22)10(19-15)17-5-16-9/h1-5H,15H2,(H2,16,17,18,19). The summed E-state index contributed by atoms with van der Waals surface area (Å²) >= 11 is 0. The maximum atomic E-state index is 12.9. The van der Waals surface area contributed by atoms with Gasteiger partial charge in [-0.3, -0.25) is 10.1 Å². The number of benzene rings is 1. The number of nitrogen functional groups attached to an aromatic ring is 1. The molecule has 1 aromatic heterocycles. The van der Waals surface area contributed by atoms with Gasteiger partial charge in [0.15, 0.2) is 0 Å². The third-order valence-electron chi connectivity index (χ3n) is 2.63. The van der Waals surface area contributed by atoms with Gasteiger partial charge in [-0.2, -0.15) is 13.2 Å². The quantitative estimate of drug-likeness (QED) is 0.450. The number of hydrogen-bond acceptors (Lipinski definition) is 7. The molecule has 0 atom stereocenters. The van der Waals surface area contributed by atoms with Crippen molar-refractivity contribution >= 4 is 23.0 Å². The third kappa shape index (κ3) is 3.03. The number of hydrazine groups is 1. The highest BCUT2D eigenvalue weighted by Gasteiger charge is 2.34. The Hall–Kier alpha value is -2.95. The van der Waals surface area contributed by atoms with Crippen LogP contribution in [0, 0.1) is 10.1 Å². The van der Waals surface area contributed by atoms with Crippen molar-refractivity contribution < 1.29 is 18.1 Å². The molecule has 0 aliphatic carbocycles. The summed E-state index contributed by atoms with van der Waals surface area (Å²) in [6.07, 6.45) is -3.69. The Kier molecular flexibility index (Phi) is 4.08. The van der Waals surface area contributed by atoms with Crippen LogP contribution >= 0.6 is 0 Å². The van der Waals surface area contributed by atoms with E-state index in [-0.39, 0.29) is 11.5 Å². The number of nitrogens with zero attached hydrogens (tertiary/aromatic N) is 3. The van der Waals surface area contributed by atoms with Gasteiger partial charge < -0.3 is 10.7 Å². The van der Waals surface area contributed by atoms with Gasteiger partial charge in [-0.05, 0) is 12.1 Å². The fraction of sp³-hybridized carbons (Fsp3) is 0.0909. The summed E-state index contributed by atoms with van der Waals surface area (Å²) in [5, 5.41) is 13.3. The normalized spacial score (nSPS) is 11.1. The molecule has 2 aromatic rings. The molecule has 0 aliphatic rings. The monoisotopic (exact) mass is 314 g/mol. The van der Waals surface area contributed by atoms with E-state index < -0.39 is 28.2 Å². The van der Waals surface area contributed by atoms with Crippen LogP contribution in [0.5, 0.6) is 0 Å². The molecule has 22 heavy (non-hydrogen) atoms. The van der Waals surface area contributed by atoms with Gasteiger partial charge in [-0.15, -0.1) is 0 Å². The number of hydrogen-bond donors (Lipinski definition) is 3. The minimum Gasteiger partial charge on any atom is -0.334 e. The first-order chi connectivity index (χ1) is 10.3. The molecule has 0 bridgehead atoms. The zero-order valence-electron chi connectivity index (χ0n) is 10.8. The second kappa shape index (κ2) is 5.81. The topological polar surface area (TPSA) is 119 Å². The van der Waals surface area contributed by atoms with E-state index in [1.807, 2.05) is 5.43 Å². The fourth-order valence-corrected chi connectivity index (χ4v) is 1.72. The van der Waals surface area contributed by atoms with Crippen LogP contribution in [-0.2, 0) is 6.18 Å². The Labute approximate surface area is 121 Å². The summed E-state index contributed by atoms with van der Waals surface area (Å²) in [5.74, 6) is 4.36. The van der Waals surface area contributed by atoms with E-state index >= 15 is 0 Å². The minimum atomic E-state index is -4.62. The second-order valence-electron chi connectivity index (χ2n) is 3.99. The summed E-state index contributed by atoms with van der Waals surface area (Å²) in [6.45, 7) is 0. The molecular formula is C11H9F3N6O2. The molecule has 1 aromatic carbocycles. The third-order valence-corrected chi connectivity index (χ3v) is 2.63. The van der Waals surface area contributed by atoms with E-state index in [9.17, 15) is 23.3 Å². The van der Waals surface area contributed by atoms with E-state index in [1.54, 1.807) is 0 Å². The lowest BCUT2D eigenvalue weighted by Crippen LogP contribution is -2.14. The predicted molar refractivity (Wildman–Crippen MR) is 71.2 cm³/mol. The Balaban J connectivity index is 2.51. The lowest BCUT2D eigenvalue weighted by molar-refractivity contribution is -0.383. The molecule has 0 spiro atoms. The summed E-state index contributed by atoms with van der Waals surface area (Å²) in [7, 11) is 0.